The van der Waals surface area contributed by atoms with E-state index in [0.717, 1.165) is 5.56 Å². The van der Waals surface area contributed by atoms with Gasteiger partial charge in [-0.05, 0) is 19.3 Å². The third-order valence-corrected chi connectivity index (χ3v) is 1.18. The molecule has 0 radical (unpaired) electrons. The summed E-state index contributed by atoms with van der Waals surface area (Å²) in [6, 6.07) is 9.45. The van der Waals surface area contributed by atoms with Crippen LogP contribution in [0.2, 0.25) is 0 Å². The maximum Gasteiger partial charge on any atom is 0.0276 e. The predicted molar refractivity (Wildman–Crippen MR) is 45.8 cm³/mol. The van der Waals surface area contributed by atoms with Gasteiger partial charge in [0, 0.05) is 4.11 Å². The summed E-state index contributed by atoms with van der Waals surface area (Å²) in [6.07, 6.45) is 1.69. The van der Waals surface area contributed by atoms with Crippen molar-refractivity contribution in [3.8, 4) is 0 Å². The Morgan fingerprint density at radius 2 is 2.10 bits per heavy atom. The fourth-order valence-electron chi connectivity index (χ4n) is 0.799. The molecular formula is C10H12. The molecule has 0 bridgehead atoms. The molecular weight excluding hydrogens is 120 g/mol. The van der Waals surface area contributed by atoms with E-state index in [9.17, 15) is 0 Å². The van der Waals surface area contributed by atoms with Gasteiger partial charge in [0.15, 0.2) is 0 Å². The summed E-state index contributed by atoms with van der Waals surface area (Å²) in [5.41, 5.74) is 1.34. The quantitative estimate of drug-likeness (QED) is 0.555. The Kier molecular flexibility index (Phi) is 1.27. The molecule has 1 aromatic rings. The van der Waals surface area contributed by atoms with Gasteiger partial charge in [0.25, 0.3) is 0 Å². The van der Waals surface area contributed by atoms with Crippen LogP contribution in [0.1, 0.15) is 23.5 Å². The summed E-state index contributed by atoms with van der Waals surface area (Å²) in [6.45, 7) is -0.351. The molecule has 0 nitrogen and oxygen atoms in total. The lowest BCUT2D eigenvalue weighted by molar-refractivity contribution is 1.42. The summed E-state index contributed by atoms with van der Waals surface area (Å²) >= 11 is 0. The van der Waals surface area contributed by atoms with E-state index < -0.39 is 6.85 Å². The largest absolute Gasteiger partial charge is 0.0758 e. The van der Waals surface area contributed by atoms with Gasteiger partial charge in [-0.3, -0.25) is 0 Å². The zero-order valence-corrected chi connectivity index (χ0v) is 5.96. The van der Waals surface area contributed by atoms with Gasteiger partial charge in [0.05, 0.1) is 0 Å². The smallest absolute Gasteiger partial charge is 0.0276 e. The lowest BCUT2D eigenvalue weighted by Crippen LogP contribution is -1.69. The maximum atomic E-state index is 7.15. The topological polar surface area (TPSA) is 0 Å². The van der Waals surface area contributed by atoms with Crippen LogP contribution >= 0.6 is 0 Å². The molecule has 0 spiro atoms. The first kappa shape index (κ1) is 3.97. The van der Waals surface area contributed by atoms with Crippen LogP contribution in [0, 0.1) is 0 Å². The summed E-state index contributed by atoms with van der Waals surface area (Å²) in [4.78, 5) is 0. The number of hydrogen-bond acceptors (Lipinski definition) is 0. The van der Waals surface area contributed by atoms with E-state index >= 15 is 0 Å². The minimum Gasteiger partial charge on any atom is -0.0758 e. The first-order chi connectivity index (χ1) is 6.00. The molecule has 0 aliphatic heterocycles. The fourth-order valence-corrected chi connectivity index (χ4v) is 0.799. The van der Waals surface area contributed by atoms with Crippen molar-refractivity contribution < 1.29 is 4.11 Å². The molecule has 0 fully saturated rings. The van der Waals surface area contributed by atoms with Gasteiger partial charge in [0.2, 0.25) is 0 Å². The van der Waals surface area contributed by atoms with Crippen LogP contribution < -0.4 is 0 Å². The van der Waals surface area contributed by atoms with E-state index in [0.29, 0.717) is 5.57 Å². The zero-order chi connectivity index (χ0) is 9.90. The van der Waals surface area contributed by atoms with Gasteiger partial charge in [-0.15, -0.1) is 0 Å². The van der Waals surface area contributed by atoms with E-state index in [2.05, 4.69) is 0 Å². The molecule has 52 valence electrons. The molecule has 0 N–H and O–H groups in total. The average Bonchev–Trinajstić information content (AvgIpc) is 2.04. The SMILES string of the molecule is [2H]C([2H])([2H])C(C)=Cc1ccccc1. The van der Waals surface area contributed by atoms with E-state index in [1.54, 1.807) is 13.0 Å². The highest BCUT2D eigenvalue weighted by atomic mass is 13.9. The molecule has 0 unspecified atom stereocenters. The second-order valence-corrected chi connectivity index (χ2v) is 2.24. The van der Waals surface area contributed by atoms with Crippen LogP contribution in [0.25, 0.3) is 6.08 Å². The standard InChI is InChI=1S/C10H12/c1-9(2)8-10-6-4-3-5-7-10/h3-8H,1-2H3/i1D3. The summed E-state index contributed by atoms with van der Waals surface area (Å²) in [5.74, 6) is 0. The van der Waals surface area contributed by atoms with Crippen molar-refractivity contribution in [2.75, 3.05) is 0 Å². The van der Waals surface area contributed by atoms with Crippen LogP contribution in [0.3, 0.4) is 0 Å². The molecule has 0 aliphatic rings. The summed E-state index contributed by atoms with van der Waals surface area (Å²) in [5, 5.41) is 0. The van der Waals surface area contributed by atoms with Crippen LogP contribution in [0.15, 0.2) is 35.9 Å². The zero-order valence-electron chi connectivity index (χ0n) is 8.96. The van der Waals surface area contributed by atoms with Crippen molar-refractivity contribution in [3.63, 3.8) is 0 Å². The predicted octanol–water partition coefficient (Wildman–Crippen LogP) is 3.11. The van der Waals surface area contributed by atoms with E-state index in [1.807, 2.05) is 30.3 Å². The average molecular weight is 135 g/mol. The molecule has 10 heavy (non-hydrogen) atoms. The molecule has 1 aromatic carbocycles. The van der Waals surface area contributed by atoms with Crippen molar-refractivity contribution in [2.45, 2.75) is 13.8 Å². The van der Waals surface area contributed by atoms with Crippen LogP contribution in [-0.4, -0.2) is 0 Å². The lowest BCUT2D eigenvalue weighted by Gasteiger charge is -1.91. The van der Waals surface area contributed by atoms with E-state index in [1.165, 1.54) is 0 Å². The normalized spacial score (nSPS) is 17.3. The van der Waals surface area contributed by atoms with E-state index in [-0.39, 0.29) is 0 Å². The molecule has 0 saturated heterocycles. The van der Waals surface area contributed by atoms with E-state index in [4.69, 9.17) is 4.11 Å². The minimum atomic E-state index is -1.98. The molecule has 0 saturated carbocycles. The number of allylic oxidation sites excluding steroid dienone is 1. The second kappa shape index (κ2) is 3.21. The van der Waals surface area contributed by atoms with Gasteiger partial charge in [-0.25, -0.2) is 0 Å². The lowest BCUT2D eigenvalue weighted by atomic mass is 10.2. The summed E-state index contributed by atoms with van der Waals surface area (Å²) < 4.78 is 21.5. The van der Waals surface area contributed by atoms with Gasteiger partial charge >= 0.3 is 0 Å². The molecule has 0 aliphatic carbocycles. The van der Waals surface area contributed by atoms with Gasteiger partial charge in [-0.1, -0.05) is 42.0 Å². The highest BCUT2D eigenvalue weighted by Crippen LogP contribution is 2.04. The van der Waals surface area contributed by atoms with Crippen molar-refractivity contribution in [2.24, 2.45) is 0 Å². The first-order valence-electron chi connectivity index (χ1n) is 4.74. The number of hydrogen-bond donors (Lipinski definition) is 0. The van der Waals surface area contributed by atoms with Crippen LogP contribution in [0.4, 0.5) is 0 Å². The van der Waals surface area contributed by atoms with Crippen molar-refractivity contribution >= 4 is 6.08 Å². The van der Waals surface area contributed by atoms with Crippen LogP contribution in [-0.2, 0) is 0 Å². The van der Waals surface area contributed by atoms with Gasteiger partial charge in [-0.2, -0.15) is 0 Å². The third-order valence-electron chi connectivity index (χ3n) is 1.18. The third kappa shape index (κ3) is 2.06. The van der Waals surface area contributed by atoms with Crippen molar-refractivity contribution in [3.05, 3.63) is 41.5 Å². The summed E-state index contributed by atoms with van der Waals surface area (Å²) in [7, 11) is 0. The number of rotatable bonds is 1. The molecule has 0 aromatic heterocycles. The Labute approximate surface area is 66.4 Å². The molecule has 0 amide bonds. The Bertz CT molecular complexity index is 296. The molecule has 0 heteroatoms. The second-order valence-electron chi connectivity index (χ2n) is 2.24. The van der Waals surface area contributed by atoms with Crippen molar-refractivity contribution in [1.82, 2.24) is 0 Å². The Balaban J connectivity index is 2.90. The fraction of sp³-hybridized carbons (Fsp3) is 0.200. The van der Waals surface area contributed by atoms with Gasteiger partial charge < -0.3 is 0 Å². The first-order valence-corrected chi connectivity index (χ1v) is 3.24. The molecule has 0 heterocycles. The molecule has 1 rings (SSSR count). The number of benzene rings is 1. The highest BCUT2D eigenvalue weighted by Gasteiger charge is 1.82. The molecule has 0 atom stereocenters. The highest BCUT2D eigenvalue weighted by molar-refractivity contribution is 5.51. The Morgan fingerprint density at radius 3 is 2.70 bits per heavy atom. The Hall–Kier alpha value is -1.04. The van der Waals surface area contributed by atoms with Crippen molar-refractivity contribution in [1.29, 1.82) is 0 Å². The Morgan fingerprint density at radius 1 is 1.40 bits per heavy atom. The maximum absolute atomic E-state index is 7.15. The van der Waals surface area contributed by atoms with Gasteiger partial charge in [0.1, 0.15) is 0 Å². The monoisotopic (exact) mass is 135 g/mol. The van der Waals surface area contributed by atoms with Crippen LogP contribution in [0.5, 0.6) is 0 Å². The minimum absolute atomic E-state index is 0.415.